The van der Waals surface area contributed by atoms with Gasteiger partial charge >= 0.3 is 0 Å². The predicted octanol–water partition coefficient (Wildman–Crippen LogP) is 2.46. The Morgan fingerprint density at radius 3 is 2.91 bits per heavy atom. The van der Waals surface area contributed by atoms with Gasteiger partial charge in [-0.25, -0.2) is 0 Å². The lowest BCUT2D eigenvalue weighted by atomic mass is 10.2. The topological polar surface area (TPSA) is 4.93 Å². The van der Waals surface area contributed by atoms with Crippen LogP contribution in [0.4, 0.5) is 0 Å². The normalized spacial score (nSPS) is 10.6. The van der Waals surface area contributed by atoms with E-state index < -0.39 is 0 Å². The van der Waals surface area contributed by atoms with Crippen molar-refractivity contribution in [3.63, 3.8) is 0 Å². The van der Waals surface area contributed by atoms with E-state index in [0.717, 1.165) is 6.54 Å². The van der Waals surface area contributed by atoms with Gasteiger partial charge in [-0.05, 0) is 6.92 Å². The number of benzene rings is 1. The number of hydrogen-bond donors (Lipinski definition) is 0. The van der Waals surface area contributed by atoms with Crippen LogP contribution in [0.3, 0.4) is 0 Å². The number of aryl methyl sites for hydroxylation is 1. The SMILES string of the molecule is CCn1[c]c2ccccc2c1. The average molecular weight is 144 g/mol. The zero-order valence-electron chi connectivity index (χ0n) is 6.54. The Morgan fingerprint density at radius 1 is 1.36 bits per heavy atom. The maximum Gasteiger partial charge on any atom is 0.0734 e. The highest BCUT2D eigenvalue weighted by atomic mass is 14.9. The van der Waals surface area contributed by atoms with Gasteiger partial charge in [0.05, 0.1) is 6.20 Å². The third kappa shape index (κ3) is 1.03. The fraction of sp³-hybridized carbons (Fsp3) is 0.200. The first kappa shape index (κ1) is 6.47. The van der Waals surface area contributed by atoms with E-state index in [4.69, 9.17) is 0 Å². The fourth-order valence-electron chi connectivity index (χ4n) is 1.24. The van der Waals surface area contributed by atoms with Crippen LogP contribution in [-0.4, -0.2) is 4.57 Å². The maximum absolute atomic E-state index is 3.26. The summed E-state index contributed by atoms with van der Waals surface area (Å²) in [5.41, 5.74) is 0. The number of fused-ring (bicyclic) bond motifs is 1. The minimum atomic E-state index is 0.995. The Balaban J connectivity index is 2.69. The van der Waals surface area contributed by atoms with Crippen molar-refractivity contribution >= 4 is 10.8 Å². The Kier molecular flexibility index (Phi) is 1.42. The van der Waals surface area contributed by atoms with Crippen molar-refractivity contribution in [3.8, 4) is 0 Å². The lowest BCUT2D eigenvalue weighted by molar-refractivity contribution is 0.767. The molecule has 1 aromatic heterocycles. The highest BCUT2D eigenvalue weighted by Gasteiger charge is 1.94. The van der Waals surface area contributed by atoms with Gasteiger partial charge in [0.25, 0.3) is 0 Å². The zero-order chi connectivity index (χ0) is 7.68. The molecule has 0 aliphatic carbocycles. The van der Waals surface area contributed by atoms with E-state index in [1.807, 2.05) is 6.07 Å². The van der Waals surface area contributed by atoms with E-state index in [1.165, 1.54) is 10.8 Å². The average Bonchev–Trinajstić information content (AvgIpc) is 2.46. The van der Waals surface area contributed by atoms with E-state index >= 15 is 0 Å². The molecular formula is C10H10N. The second kappa shape index (κ2) is 2.42. The summed E-state index contributed by atoms with van der Waals surface area (Å²) in [4.78, 5) is 0. The minimum Gasteiger partial charge on any atom is -0.345 e. The van der Waals surface area contributed by atoms with Gasteiger partial charge in [0, 0.05) is 23.5 Å². The first-order chi connectivity index (χ1) is 5.40. The van der Waals surface area contributed by atoms with Crippen LogP contribution >= 0.6 is 0 Å². The lowest BCUT2D eigenvalue weighted by Crippen LogP contribution is -1.86. The van der Waals surface area contributed by atoms with E-state index in [9.17, 15) is 0 Å². The molecule has 0 aliphatic rings. The maximum atomic E-state index is 3.26. The molecular weight excluding hydrogens is 134 g/mol. The van der Waals surface area contributed by atoms with Crippen molar-refractivity contribution in [3.05, 3.63) is 36.7 Å². The van der Waals surface area contributed by atoms with Crippen LogP contribution in [-0.2, 0) is 6.54 Å². The molecule has 2 aromatic rings. The first-order valence-electron chi connectivity index (χ1n) is 3.87. The van der Waals surface area contributed by atoms with Crippen LogP contribution in [0.25, 0.3) is 10.8 Å². The Hall–Kier alpha value is -1.24. The molecule has 0 N–H and O–H groups in total. The molecule has 0 atom stereocenters. The quantitative estimate of drug-likeness (QED) is 0.579. The van der Waals surface area contributed by atoms with Crippen molar-refractivity contribution in [2.24, 2.45) is 0 Å². The van der Waals surface area contributed by atoms with Gasteiger partial charge < -0.3 is 4.57 Å². The van der Waals surface area contributed by atoms with Crippen LogP contribution in [0.1, 0.15) is 6.92 Å². The number of aromatic nitrogens is 1. The molecule has 1 aromatic carbocycles. The third-order valence-corrected chi connectivity index (χ3v) is 1.86. The van der Waals surface area contributed by atoms with Crippen molar-refractivity contribution in [2.75, 3.05) is 0 Å². The summed E-state index contributed by atoms with van der Waals surface area (Å²) in [6, 6.07) is 8.29. The molecule has 0 aliphatic heterocycles. The van der Waals surface area contributed by atoms with Crippen LogP contribution in [0.2, 0.25) is 0 Å². The van der Waals surface area contributed by atoms with E-state index in [1.54, 1.807) is 0 Å². The second-order valence-corrected chi connectivity index (χ2v) is 2.61. The Labute approximate surface area is 66.3 Å². The van der Waals surface area contributed by atoms with Crippen molar-refractivity contribution in [2.45, 2.75) is 13.5 Å². The van der Waals surface area contributed by atoms with Gasteiger partial charge in [-0.15, -0.1) is 0 Å². The summed E-state index contributed by atoms with van der Waals surface area (Å²) >= 11 is 0. The van der Waals surface area contributed by atoms with Crippen molar-refractivity contribution < 1.29 is 0 Å². The molecule has 1 nitrogen and oxygen atoms in total. The molecule has 1 heteroatoms. The van der Waals surface area contributed by atoms with Gasteiger partial charge in [0.2, 0.25) is 0 Å². The zero-order valence-corrected chi connectivity index (χ0v) is 6.54. The highest BCUT2D eigenvalue weighted by Crippen LogP contribution is 2.12. The van der Waals surface area contributed by atoms with Crippen LogP contribution < -0.4 is 0 Å². The Bertz CT molecular complexity index is 327. The standard InChI is InChI=1S/C10H10N/c1-2-11-7-9-5-3-4-6-10(9)8-11/h3-7H,2H2,1H3. The van der Waals surface area contributed by atoms with Gasteiger partial charge in [-0.3, -0.25) is 0 Å². The lowest BCUT2D eigenvalue weighted by Gasteiger charge is -1.89. The van der Waals surface area contributed by atoms with Gasteiger partial charge in [-0.2, -0.15) is 0 Å². The molecule has 0 amide bonds. The monoisotopic (exact) mass is 144 g/mol. The molecule has 0 saturated carbocycles. The Morgan fingerprint density at radius 2 is 2.18 bits per heavy atom. The summed E-state index contributed by atoms with van der Waals surface area (Å²) in [5.74, 6) is 0. The molecule has 0 fully saturated rings. The van der Waals surface area contributed by atoms with E-state index in [2.05, 4.69) is 42.1 Å². The third-order valence-electron chi connectivity index (χ3n) is 1.86. The van der Waals surface area contributed by atoms with E-state index in [0.29, 0.717) is 0 Å². The van der Waals surface area contributed by atoms with Gasteiger partial charge in [0.15, 0.2) is 0 Å². The largest absolute Gasteiger partial charge is 0.345 e. The smallest absolute Gasteiger partial charge is 0.0734 e. The summed E-state index contributed by atoms with van der Waals surface area (Å²) in [7, 11) is 0. The van der Waals surface area contributed by atoms with Crippen molar-refractivity contribution in [1.29, 1.82) is 0 Å². The molecule has 2 rings (SSSR count). The van der Waals surface area contributed by atoms with Crippen LogP contribution in [0, 0.1) is 6.20 Å². The predicted molar refractivity (Wildman–Crippen MR) is 46.4 cm³/mol. The second-order valence-electron chi connectivity index (χ2n) is 2.61. The van der Waals surface area contributed by atoms with Gasteiger partial charge in [0.1, 0.15) is 0 Å². The summed E-state index contributed by atoms with van der Waals surface area (Å²) in [6.45, 7) is 3.12. The van der Waals surface area contributed by atoms with Crippen molar-refractivity contribution in [1.82, 2.24) is 4.57 Å². The molecule has 0 bridgehead atoms. The molecule has 0 saturated heterocycles. The molecule has 1 heterocycles. The number of hydrogen-bond acceptors (Lipinski definition) is 0. The molecule has 1 radical (unpaired) electrons. The molecule has 11 heavy (non-hydrogen) atoms. The first-order valence-corrected chi connectivity index (χ1v) is 3.87. The van der Waals surface area contributed by atoms with Crippen LogP contribution in [0.5, 0.6) is 0 Å². The van der Waals surface area contributed by atoms with Gasteiger partial charge in [-0.1, -0.05) is 24.3 Å². The van der Waals surface area contributed by atoms with E-state index in [-0.39, 0.29) is 0 Å². The van der Waals surface area contributed by atoms with Crippen LogP contribution in [0.15, 0.2) is 30.5 Å². The minimum absolute atomic E-state index is 0.995. The fourth-order valence-corrected chi connectivity index (χ4v) is 1.24. The summed E-state index contributed by atoms with van der Waals surface area (Å²) < 4.78 is 2.07. The molecule has 0 spiro atoms. The summed E-state index contributed by atoms with van der Waals surface area (Å²) in [6.07, 6.45) is 5.38. The molecule has 55 valence electrons. The number of rotatable bonds is 1. The highest BCUT2D eigenvalue weighted by molar-refractivity contribution is 5.81. The molecule has 0 unspecified atom stereocenters. The summed E-state index contributed by atoms with van der Waals surface area (Å²) in [5, 5.41) is 2.48. The number of nitrogens with zero attached hydrogens (tertiary/aromatic N) is 1.